The van der Waals surface area contributed by atoms with Crippen LogP contribution in [0.1, 0.15) is 57.4 Å². The van der Waals surface area contributed by atoms with Gasteiger partial charge in [-0.2, -0.15) is 0 Å². The number of nitrogens with one attached hydrogen (secondary N) is 1. The van der Waals surface area contributed by atoms with Crippen molar-refractivity contribution in [3.8, 4) is 0 Å². The molecule has 5 nitrogen and oxygen atoms in total. The van der Waals surface area contributed by atoms with E-state index in [1.54, 1.807) is 4.90 Å². The van der Waals surface area contributed by atoms with E-state index < -0.39 is 12.0 Å². The molecule has 0 spiro atoms. The Morgan fingerprint density at radius 3 is 2.28 bits per heavy atom. The van der Waals surface area contributed by atoms with E-state index >= 15 is 8.78 Å². The molecule has 2 amide bonds. The lowest BCUT2D eigenvalue weighted by Gasteiger charge is -2.47. The zero-order chi connectivity index (χ0) is 22.7. The molecule has 0 radical (unpaired) electrons. The minimum Gasteiger partial charge on any atom is -0.328 e. The number of hydrogen-bond donors (Lipinski definition) is 1. The Morgan fingerprint density at radius 1 is 1.00 bits per heavy atom. The van der Waals surface area contributed by atoms with Crippen LogP contribution >= 0.6 is 0 Å². The Labute approximate surface area is 191 Å². The van der Waals surface area contributed by atoms with Gasteiger partial charge in [0.1, 0.15) is 6.04 Å². The minimum atomic E-state index is -2.86. The number of benzene rings is 1. The number of likely N-dealkylation sites (tertiary alicyclic amines) is 1. The highest BCUT2D eigenvalue weighted by Crippen LogP contribution is 2.37. The topological polar surface area (TPSA) is 38.8 Å². The summed E-state index contributed by atoms with van der Waals surface area (Å²) in [4.78, 5) is 19.3. The van der Waals surface area contributed by atoms with Gasteiger partial charge >= 0.3 is 6.03 Å². The number of carbonyl (C=O) groups is 1. The molecule has 2 atom stereocenters. The fourth-order valence-corrected chi connectivity index (χ4v) is 5.70. The molecule has 0 bridgehead atoms. The molecule has 2 aliphatic heterocycles. The molecule has 1 aliphatic carbocycles. The average Bonchev–Trinajstić information content (AvgIpc) is 2.81. The summed E-state index contributed by atoms with van der Waals surface area (Å²) in [6.07, 6.45) is 2.84. The highest BCUT2D eigenvalue weighted by Gasteiger charge is 2.50. The van der Waals surface area contributed by atoms with Crippen LogP contribution in [0.25, 0.3) is 0 Å². The summed E-state index contributed by atoms with van der Waals surface area (Å²) in [5.74, 6) is -2.43. The van der Waals surface area contributed by atoms with E-state index in [2.05, 4.69) is 41.1 Å². The summed E-state index contributed by atoms with van der Waals surface area (Å²) in [6.45, 7) is 8.94. The lowest BCUT2D eigenvalue weighted by atomic mass is 9.85. The number of nitrogens with zero attached hydrogens (tertiary/aromatic N) is 3. The Balaban J connectivity index is 1.36. The van der Waals surface area contributed by atoms with E-state index in [1.807, 2.05) is 18.2 Å². The number of urea groups is 1. The van der Waals surface area contributed by atoms with Crippen molar-refractivity contribution in [2.45, 2.75) is 75.9 Å². The van der Waals surface area contributed by atoms with E-state index in [9.17, 15) is 4.79 Å². The van der Waals surface area contributed by atoms with Gasteiger partial charge in [-0.3, -0.25) is 9.80 Å². The second kappa shape index (κ2) is 10.0. The standard InChI is InChI=1S/C25H38F2N4O/c1-19(2)29-15-17-30(18-16-29)22-9-6-12-25(26,27)23(22)28-24(32)31-13-10-21(11-14-31)20-7-4-3-5-8-20/h3-5,7-8,19,21-23H,6,9-18H2,1-2H3,(H,28,32). The lowest BCUT2D eigenvalue weighted by Crippen LogP contribution is -2.66. The summed E-state index contributed by atoms with van der Waals surface area (Å²) in [5, 5.41) is 2.80. The van der Waals surface area contributed by atoms with Gasteiger partial charge in [0, 0.05) is 57.8 Å². The van der Waals surface area contributed by atoms with Crippen LogP contribution in [0.3, 0.4) is 0 Å². The molecule has 1 saturated carbocycles. The maximum Gasteiger partial charge on any atom is 0.317 e. The molecule has 2 unspecified atom stereocenters. The molecule has 3 fully saturated rings. The first kappa shape index (κ1) is 23.4. The van der Waals surface area contributed by atoms with Gasteiger partial charge in [0.2, 0.25) is 0 Å². The molecule has 1 aromatic rings. The number of piperazine rings is 1. The number of halogens is 2. The van der Waals surface area contributed by atoms with Gasteiger partial charge in [-0.1, -0.05) is 30.3 Å². The van der Waals surface area contributed by atoms with Crippen molar-refractivity contribution in [1.82, 2.24) is 20.0 Å². The van der Waals surface area contributed by atoms with Crippen molar-refractivity contribution in [2.75, 3.05) is 39.3 Å². The molecule has 2 heterocycles. The molecule has 2 saturated heterocycles. The number of carbonyl (C=O) groups excluding carboxylic acids is 1. The SMILES string of the molecule is CC(C)N1CCN(C2CCCC(F)(F)C2NC(=O)N2CCC(c3ccccc3)CC2)CC1. The first-order valence-corrected chi connectivity index (χ1v) is 12.3. The van der Waals surface area contributed by atoms with Gasteiger partial charge in [0.15, 0.2) is 0 Å². The van der Waals surface area contributed by atoms with Crippen LogP contribution in [0.5, 0.6) is 0 Å². The zero-order valence-corrected chi connectivity index (χ0v) is 19.5. The molecule has 1 aromatic carbocycles. The second-order valence-electron chi connectivity index (χ2n) is 9.99. The predicted molar refractivity (Wildman–Crippen MR) is 123 cm³/mol. The molecule has 0 aromatic heterocycles. The van der Waals surface area contributed by atoms with Crippen LogP contribution < -0.4 is 5.32 Å². The minimum absolute atomic E-state index is 0.142. The van der Waals surface area contributed by atoms with Crippen molar-refractivity contribution < 1.29 is 13.6 Å². The molecular weight excluding hydrogens is 410 g/mol. The van der Waals surface area contributed by atoms with Gasteiger partial charge < -0.3 is 10.2 Å². The van der Waals surface area contributed by atoms with E-state index in [4.69, 9.17) is 0 Å². The van der Waals surface area contributed by atoms with Crippen molar-refractivity contribution in [1.29, 1.82) is 0 Å². The normalized spacial score (nSPS) is 28.1. The van der Waals surface area contributed by atoms with Crippen LogP contribution in [0.15, 0.2) is 30.3 Å². The van der Waals surface area contributed by atoms with E-state index in [-0.39, 0.29) is 18.5 Å². The first-order chi connectivity index (χ1) is 15.3. The van der Waals surface area contributed by atoms with Crippen LogP contribution in [0.4, 0.5) is 13.6 Å². The zero-order valence-electron chi connectivity index (χ0n) is 19.5. The number of rotatable bonds is 4. The fraction of sp³-hybridized carbons (Fsp3) is 0.720. The van der Waals surface area contributed by atoms with Crippen LogP contribution in [-0.2, 0) is 0 Å². The molecule has 32 heavy (non-hydrogen) atoms. The van der Waals surface area contributed by atoms with Gasteiger partial charge in [-0.05, 0) is 51.0 Å². The highest BCUT2D eigenvalue weighted by molar-refractivity contribution is 5.75. The van der Waals surface area contributed by atoms with E-state index in [0.29, 0.717) is 31.5 Å². The van der Waals surface area contributed by atoms with Crippen LogP contribution in [-0.4, -0.2) is 84.0 Å². The quantitative estimate of drug-likeness (QED) is 0.752. The monoisotopic (exact) mass is 448 g/mol. The van der Waals surface area contributed by atoms with Gasteiger partial charge in [0.25, 0.3) is 5.92 Å². The van der Waals surface area contributed by atoms with Gasteiger partial charge in [0.05, 0.1) is 0 Å². The Kier molecular flexibility index (Phi) is 7.35. The summed E-state index contributed by atoms with van der Waals surface area (Å²) in [7, 11) is 0. The highest BCUT2D eigenvalue weighted by atomic mass is 19.3. The van der Waals surface area contributed by atoms with Crippen molar-refractivity contribution in [2.24, 2.45) is 0 Å². The Bertz CT molecular complexity index is 744. The molecule has 1 N–H and O–H groups in total. The summed E-state index contributed by atoms with van der Waals surface area (Å²) >= 11 is 0. The van der Waals surface area contributed by atoms with Crippen molar-refractivity contribution >= 4 is 6.03 Å². The third kappa shape index (κ3) is 5.25. The fourth-order valence-electron chi connectivity index (χ4n) is 5.70. The van der Waals surface area contributed by atoms with E-state index in [0.717, 1.165) is 45.4 Å². The molecule has 3 aliphatic rings. The number of hydrogen-bond acceptors (Lipinski definition) is 3. The number of piperidine rings is 1. The molecule has 7 heteroatoms. The smallest absolute Gasteiger partial charge is 0.317 e. The van der Waals surface area contributed by atoms with Crippen molar-refractivity contribution in [3.63, 3.8) is 0 Å². The van der Waals surface area contributed by atoms with Crippen molar-refractivity contribution in [3.05, 3.63) is 35.9 Å². The van der Waals surface area contributed by atoms with Crippen LogP contribution in [0, 0.1) is 0 Å². The number of amides is 2. The van der Waals surface area contributed by atoms with Gasteiger partial charge in [-0.15, -0.1) is 0 Å². The third-order valence-electron chi connectivity index (χ3n) is 7.73. The largest absolute Gasteiger partial charge is 0.328 e. The molecule has 4 rings (SSSR count). The second-order valence-corrected chi connectivity index (χ2v) is 9.99. The van der Waals surface area contributed by atoms with Crippen LogP contribution in [0.2, 0.25) is 0 Å². The van der Waals surface area contributed by atoms with E-state index in [1.165, 1.54) is 5.56 Å². The maximum atomic E-state index is 15.0. The summed E-state index contributed by atoms with van der Waals surface area (Å²) in [6, 6.07) is 9.10. The summed E-state index contributed by atoms with van der Waals surface area (Å²) < 4.78 is 30.0. The maximum absolute atomic E-state index is 15.0. The predicted octanol–water partition coefficient (Wildman–Crippen LogP) is 4.16. The summed E-state index contributed by atoms with van der Waals surface area (Å²) in [5.41, 5.74) is 1.30. The Morgan fingerprint density at radius 2 is 1.66 bits per heavy atom. The average molecular weight is 449 g/mol. The third-order valence-corrected chi connectivity index (χ3v) is 7.73. The first-order valence-electron chi connectivity index (χ1n) is 12.3. The lowest BCUT2D eigenvalue weighted by molar-refractivity contribution is -0.0973. The van der Waals surface area contributed by atoms with Gasteiger partial charge in [-0.25, -0.2) is 13.6 Å². The number of alkyl halides is 2. The Hall–Kier alpha value is -1.73. The molecule has 178 valence electrons. The molecular formula is C25H38F2N4O.